The Hall–Kier alpha value is -1.89. The third-order valence-corrected chi connectivity index (χ3v) is 2.41. The molecule has 0 bridgehead atoms. The van der Waals surface area contributed by atoms with Crippen molar-refractivity contribution >= 4 is 29.6 Å². The van der Waals surface area contributed by atoms with Crippen LogP contribution in [0.25, 0.3) is 0 Å². The zero-order chi connectivity index (χ0) is 12.8. The summed E-state index contributed by atoms with van der Waals surface area (Å²) in [4.78, 5) is 35.3. The number of aliphatic imine (C=N–C) groups is 3. The first-order valence-corrected chi connectivity index (χ1v) is 5.11. The number of nitrogens with one attached hydrogen (secondary N) is 1. The Labute approximate surface area is 97.9 Å². The highest BCUT2D eigenvalue weighted by Gasteiger charge is 2.46. The van der Waals surface area contributed by atoms with Crippen LogP contribution in [0, 0.1) is 5.41 Å². The van der Waals surface area contributed by atoms with E-state index in [9.17, 15) is 9.59 Å². The predicted molar refractivity (Wildman–Crippen MR) is 62.9 cm³/mol. The smallest absolute Gasteiger partial charge is 0.277 e. The number of hydrogen-bond acceptors (Lipinski definition) is 6. The number of carbonyl (C=O) groups excluding carboxylic acids is 2. The van der Waals surface area contributed by atoms with E-state index in [0.29, 0.717) is 0 Å². The molecular weight excluding hydrogens is 222 g/mol. The molecule has 2 rings (SSSR count). The maximum absolute atomic E-state index is 12.1. The Kier molecular flexibility index (Phi) is 2.25. The zero-order valence-electron chi connectivity index (χ0n) is 9.81. The van der Waals surface area contributed by atoms with Crippen molar-refractivity contribution in [1.29, 1.82) is 0 Å². The highest BCUT2D eigenvalue weighted by atomic mass is 16.2. The van der Waals surface area contributed by atoms with Gasteiger partial charge in [-0.2, -0.15) is 0 Å². The molecule has 2 heterocycles. The average molecular weight is 235 g/mol. The monoisotopic (exact) mass is 235 g/mol. The quantitative estimate of drug-likeness (QED) is 0.622. The van der Waals surface area contributed by atoms with Crippen molar-refractivity contribution < 1.29 is 9.59 Å². The fraction of sp³-hybridized carbons (Fsp3) is 0.500. The van der Waals surface area contributed by atoms with Gasteiger partial charge in [0.05, 0.1) is 0 Å². The van der Waals surface area contributed by atoms with Crippen LogP contribution in [-0.4, -0.2) is 35.4 Å². The Morgan fingerprint density at radius 1 is 1.47 bits per heavy atom. The molecule has 0 radical (unpaired) electrons. The molecule has 0 aromatic heterocycles. The minimum atomic E-state index is -1.76. The van der Waals surface area contributed by atoms with Gasteiger partial charge in [-0.25, -0.2) is 15.0 Å². The van der Waals surface area contributed by atoms with E-state index in [1.807, 2.05) is 0 Å². The summed E-state index contributed by atoms with van der Waals surface area (Å²) in [6.45, 7) is 5.12. The van der Waals surface area contributed by atoms with Gasteiger partial charge in [-0.05, 0) is 0 Å². The topological polar surface area (TPSA) is 109 Å². The molecule has 17 heavy (non-hydrogen) atoms. The average Bonchev–Trinajstić information content (AvgIpc) is 2.63. The standard InChI is InChI=1S/C10H13N5O2/c1-9(2,3)8(17)10(11)14-6-5(7(16)15-10)12-4-13-6/h4H,11H2,1-3H3,(H,15,16). The van der Waals surface area contributed by atoms with Crippen LogP contribution < -0.4 is 11.1 Å². The number of amidine groups is 1. The molecule has 2 aliphatic heterocycles. The van der Waals surface area contributed by atoms with Crippen molar-refractivity contribution in [2.24, 2.45) is 26.1 Å². The molecule has 0 spiro atoms. The van der Waals surface area contributed by atoms with Crippen molar-refractivity contribution in [2.45, 2.75) is 26.6 Å². The molecule has 0 saturated carbocycles. The van der Waals surface area contributed by atoms with E-state index >= 15 is 0 Å². The number of hydrogen-bond donors (Lipinski definition) is 2. The molecule has 7 nitrogen and oxygen atoms in total. The van der Waals surface area contributed by atoms with Crippen LogP contribution in [0.1, 0.15) is 20.8 Å². The molecule has 0 fully saturated rings. The number of fused-ring (bicyclic) bond motifs is 1. The van der Waals surface area contributed by atoms with Gasteiger partial charge in [0.2, 0.25) is 11.6 Å². The molecule has 0 aromatic carbocycles. The van der Waals surface area contributed by atoms with E-state index in [-0.39, 0.29) is 17.3 Å². The number of nitrogens with two attached hydrogens (primary N) is 1. The minimum absolute atomic E-state index is 0.0905. The molecule has 0 aliphatic carbocycles. The number of rotatable bonds is 1. The lowest BCUT2D eigenvalue weighted by atomic mass is 9.86. The van der Waals surface area contributed by atoms with Crippen LogP contribution in [0.5, 0.6) is 0 Å². The Balaban J connectivity index is 2.45. The lowest BCUT2D eigenvalue weighted by molar-refractivity contribution is -0.135. The Bertz CT molecular complexity index is 497. The van der Waals surface area contributed by atoms with Gasteiger partial charge in [0.25, 0.3) is 5.91 Å². The molecule has 0 saturated heterocycles. The summed E-state index contributed by atoms with van der Waals surface area (Å²) in [6.07, 6.45) is 1.21. The van der Waals surface area contributed by atoms with Gasteiger partial charge in [0.1, 0.15) is 6.34 Å². The summed E-state index contributed by atoms with van der Waals surface area (Å²) in [7, 11) is 0. The highest BCUT2D eigenvalue weighted by Crippen LogP contribution is 2.23. The number of ketones is 1. The molecule has 90 valence electrons. The summed E-state index contributed by atoms with van der Waals surface area (Å²) >= 11 is 0. The van der Waals surface area contributed by atoms with Crippen LogP contribution >= 0.6 is 0 Å². The van der Waals surface area contributed by atoms with Gasteiger partial charge in [-0.1, -0.05) is 20.8 Å². The summed E-state index contributed by atoms with van der Waals surface area (Å²) in [5.74, 6) is -2.57. The van der Waals surface area contributed by atoms with Gasteiger partial charge in [0.15, 0.2) is 11.5 Å². The maximum atomic E-state index is 12.1. The number of Topliss-reactive ketones (excluding diaryl/α,β-unsaturated/α-hetero) is 1. The predicted octanol–water partition coefficient (Wildman–Crippen LogP) is -0.775. The molecule has 1 unspecified atom stereocenters. The lowest BCUT2D eigenvalue weighted by Gasteiger charge is -2.33. The molecule has 1 amide bonds. The second-order valence-corrected chi connectivity index (χ2v) is 4.96. The van der Waals surface area contributed by atoms with Crippen LogP contribution in [0.3, 0.4) is 0 Å². The second-order valence-electron chi connectivity index (χ2n) is 4.96. The van der Waals surface area contributed by atoms with Crippen LogP contribution in [0.4, 0.5) is 0 Å². The van der Waals surface area contributed by atoms with Crippen molar-refractivity contribution in [3.8, 4) is 0 Å². The van der Waals surface area contributed by atoms with Gasteiger partial charge in [-0.3, -0.25) is 15.3 Å². The Morgan fingerprint density at radius 2 is 2.12 bits per heavy atom. The fourth-order valence-corrected chi connectivity index (χ4v) is 1.61. The third kappa shape index (κ3) is 1.78. The Morgan fingerprint density at radius 3 is 2.71 bits per heavy atom. The first-order chi connectivity index (χ1) is 7.74. The molecule has 7 heteroatoms. The maximum Gasteiger partial charge on any atom is 0.277 e. The van der Waals surface area contributed by atoms with E-state index in [2.05, 4.69) is 20.3 Å². The second kappa shape index (κ2) is 3.30. The zero-order valence-corrected chi connectivity index (χ0v) is 9.81. The fourth-order valence-electron chi connectivity index (χ4n) is 1.61. The summed E-state index contributed by atoms with van der Waals surface area (Å²) in [5.41, 5.74) is 5.21. The SMILES string of the molecule is CC(C)(C)C(=O)C1(N)N=C2N=CN=C2C(=O)N1. The van der Waals surface area contributed by atoms with Gasteiger partial charge < -0.3 is 5.32 Å². The van der Waals surface area contributed by atoms with Gasteiger partial charge in [0, 0.05) is 5.41 Å². The number of amides is 1. The van der Waals surface area contributed by atoms with E-state index in [1.165, 1.54) is 6.34 Å². The largest absolute Gasteiger partial charge is 0.308 e. The van der Waals surface area contributed by atoms with Crippen LogP contribution in [0.15, 0.2) is 15.0 Å². The first-order valence-electron chi connectivity index (χ1n) is 5.11. The van der Waals surface area contributed by atoms with Crippen molar-refractivity contribution in [1.82, 2.24) is 5.32 Å². The van der Waals surface area contributed by atoms with Gasteiger partial charge in [-0.15, -0.1) is 0 Å². The lowest BCUT2D eigenvalue weighted by Crippen LogP contribution is -2.67. The third-order valence-electron chi connectivity index (χ3n) is 2.41. The van der Waals surface area contributed by atoms with E-state index in [4.69, 9.17) is 5.73 Å². The minimum Gasteiger partial charge on any atom is -0.308 e. The van der Waals surface area contributed by atoms with E-state index in [1.54, 1.807) is 20.8 Å². The normalized spacial score (nSPS) is 27.2. The molecular formula is C10H13N5O2. The summed E-state index contributed by atoms with van der Waals surface area (Å²) in [5, 5.41) is 2.36. The summed E-state index contributed by atoms with van der Waals surface area (Å²) < 4.78 is 0. The first kappa shape index (κ1) is 11.6. The van der Waals surface area contributed by atoms with Crippen molar-refractivity contribution in [2.75, 3.05) is 0 Å². The van der Waals surface area contributed by atoms with Crippen LogP contribution in [0.2, 0.25) is 0 Å². The van der Waals surface area contributed by atoms with E-state index in [0.717, 1.165) is 0 Å². The van der Waals surface area contributed by atoms with Crippen molar-refractivity contribution in [3.05, 3.63) is 0 Å². The molecule has 0 aromatic rings. The molecule has 1 atom stereocenters. The highest BCUT2D eigenvalue weighted by molar-refractivity contribution is 6.70. The number of carbonyl (C=O) groups is 2. The molecule has 2 aliphatic rings. The van der Waals surface area contributed by atoms with Crippen LogP contribution in [-0.2, 0) is 9.59 Å². The molecule has 3 N–H and O–H groups in total. The van der Waals surface area contributed by atoms with Crippen molar-refractivity contribution in [3.63, 3.8) is 0 Å². The van der Waals surface area contributed by atoms with Gasteiger partial charge >= 0.3 is 0 Å². The van der Waals surface area contributed by atoms with E-state index < -0.39 is 17.1 Å². The summed E-state index contributed by atoms with van der Waals surface area (Å²) in [6, 6.07) is 0. The number of nitrogens with zero attached hydrogens (tertiary/aromatic N) is 3.